The van der Waals surface area contributed by atoms with Crippen LogP contribution in [0, 0.1) is 5.82 Å². The maximum atomic E-state index is 12.9. The molecule has 0 fully saturated rings. The van der Waals surface area contributed by atoms with E-state index in [1.54, 1.807) is 0 Å². The summed E-state index contributed by atoms with van der Waals surface area (Å²) in [5.41, 5.74) is 0. The second kappa shape index (κ2) is 8.21. The molecule has 8 heteroatoms. The summed E-state index contributed by atoms with van der Waals surface area (Å²) in [5.74, 6) is -0.238. The predicted octanol–water partition coefficient (Wildman–Crippen LogP) is 4.25. The lowest BCUT2D eigenvalue weighted by Crippen LogP contribution is -2.20. The monoisotopic (exact) mass is 357 g/mol. The van der Waals surface area contributed by atoms with Crippen molar-refractivity contribution < 1.29 is 13.9 Å². The second-order valence-electron chi connectivity index (χ2n) is 4.87. The highest BCUT2D eigenvalue weighted by atomic mass is 35.5. The van der Waals surface area contributed by atoms with Crippen LogP contribution in [0.3, 0.4) is 0 Å². The highest BCUT2D eigenvalue weighted by molar-refractivity contribution is 7.15. The maximum absolute atomic E-state index is 12.9. The van der Waals surface area contributed by atoms with Crippen LogP contribution in [0.15, 0.2) is 18.2 Å². The fraction of sp³-hybridized carbons (Fsp3) is 0.400. The van der Waals surface area contributed by atoms with Gasteiger partial charge in [0.1, 0.15) is 16.6 Å². The first-order chi connectivity index (χ1) is 11.0. The molecule has 0 aliphatic heterocycles. The fourth-order valence-electron chi connectivity index (χ4n) is 1.98. The molecule has 0 spiro atoms. The molecule has 0 aliphatic carbocycles. The lowest BCUT2D eigenvalue weighted by atomic mass is 10.1. The van der Waals surface area contributed by atoms with Gasteiger partial charge in [-0.05, 0) is 31.0 Å². The van der Waals surface area contributed by atoms with Crippen molar-refractivity contribution in [1.29, 1.82) is 0 Å². The van der Waals surface area contributed by atoms with Crippen LogP contribution in [-0.4, -0.2) is 22.7 Å². The molecule has 0 unspecified atom stereocenters. The number of hydrogen-bond acceptors (Lipinski definition) is 5. The molecule has 0 atom stereocenters. The minimum atomic E-state index is -0.463. The van der Waals surface area contributed by atoms with Gasteiger partial charge in [-0.25, -0.2) is 4.39 Å². The minimum absolute atomic E-state index is 0.115. The van der Waals surface area contributed by atoms with Crippen molar-refractivity contribution in [2.45, 2.75) is 32.6 Å². The molecule has 0 radical (unpaired) electrons. The van der Waals surface area contributed by atoms with Crippen LogP contribution in [0.5, 0.6) is 5.75 Å². The zero-order valence-electron chi connectivity index (χ0n) is 12.8. The molecule has 0 saturated heterocycles. The Hall–Kier alpha value is -1.73. The van der Waals surface area contributed by atoms with Gasteiger partial charge < -0.3 is 4.74 Å². The van der Waals surface area contributed by atoms with Gasteiger partial charge in [-0.15, -0.1) is 10.2 Å². The summed E-state index contributed by atoms with van der Waals surface area (Å²) < 4.78 is 18.2. The van der Waals surface area contributed by atoms with E-state index in [1.165, 1.54) is 23.5 Å². The number of amides is 1. The Bertz CT molecular complexity index is 676. The van der Waals surface area contributed by atoms with Crippen molar-refractivity contribution in [3.05, 3.63) is 34.0 Å². The van der Waals surface area contributed by atoms with E-state index in [4.69, 9.17) is 16.3 Å². The van der Waals surface area contributed by atoms with Gasteiger partial charge in [0.25, 0.3) is 5.91 Å². The third-order valence-electron chi connectivity index (χ3n) is 3.27. The van der Waals surface area contributed by atoms with E-state index in [9.17, 15) is 9.18 Å². The van der Waals surface area contributed by atoms with Crippen LogP contribution in [0.25, 0.3) is 0 Å². The normalized spacial score (nSPS) is 10.8. The molecule has 0 aliphatic rings. The molecule has 2 rings (SSSR count). The average molecular weight is 358 g/mol. The lowest BCUT2D eigenvalue weighted by Gasteiger charge is -2.07. The Labute approximate surface area is 142 Å². The molecule has 1 amide bonds. The number of ether oxygens (including phenoxy) is 1. The topological polar surface area (TPSA) is 64.1 Å². The SMILES string of the molecule is CCC(CC)c1nnc(NC(=O)COc2ccc(F)cc2Cl)s1. The van der Waals surface area contributed by atoms with Crippen molar-refractivity contribution in [1.82, 2.24) is 10.2 Å². The summed E-state index contributed by atoms with van der Waals surface area (Å²) in [6.45, 7) is 3.94. The standard InChI is InChI=1S/C15H17ClFN3O2S/c1-3-9(4-2)14-19-20-15(23-14)18-13(21)8-22-12-6-5-10(17)7-11(12)16/h5-7,9H,3-4,8H2,1-2H3,(H,18,20,21). The predicted molar refractivity (Wildman–Crippen MR) is 88.8 cm³/mol. The van der Waals surface area contributed by atoms with Crippen molar-refractivity contribution in [3.8, 4) is 5.75 Å². The van der Waals surface area contributed by atoms with Crippen LogP contribution in [-0.2, 0) is 4.79 Å². The van der Waals surface area contributed by atoms with Gasteiger partial charge in [0.2, 0.25) is 5.13 Å². The van der Waals surface area contributed by atoms with Crippen LogP contribution >= 0.6 is 22.9 Å². The number of aromatic nitrogens is 2. The van der Waals surface area contributed by atoms with E-state index in [1.807, 2.05) is 0 Å². The van der Waals surface area contributed by atoms with Gasteiger partial charge >= 0.3 is 0 Å². The largest absolute Gasteiger partial charge is 0.482 e. The second-order valence-corrected chi connectivity index (χ2v) is 6.29. The van der Waals surface area contributed by atoms with Crippen molar-refractivity contribution in [2.24, 2.45) is 0 Å². The van der Waals surface area contributed by atoms with E-state index in [0.29, 0.717) is 11.0 Å². The van der Waals surface area contributed by atoms with Gasteiger partial charge in [-0.3, -0.25) is 10.1 Å². The summed E-state index contributed by atoms with van der Waals surface area (Å²) in [6, 6.07) is 3.72. The van der Waals surface area contributed by atoms with Crippen molar-refractivity contribution in [2.75, 3.05) is 11.9 Å². The number of rotatable bonds is 7. The lowest BCUT2D eigenvalue weighted by molar-refractivity contribution is -0.118. The molecule has 1 N–H and O–H groups in total. The molecule has 0 saturated carbocycles. The molecular weight excluding hydrogens is 341 g/mol. The molecule has 2 aromatic rings. The molecule has 0 bridgehead atoms. The quantitative estimate of drug-likeness (QED) is 0.804. The fourth-order valence-corrected chi connectivity index (χ4v) is 3.23. The minimum Gasteiger partial charge on any atom is -0.482 e. The zero-order valence-corrected chi connectivity index (χ0v) is 14.4. The third-order valence-corrected chi connectivity index (χ3v) is 4.57. The first-order valence-electron chi connectivity index (χ1n) is 7.24. The summed E-state index contributed by atoms with van der Waals surface area (Å²) in [5, 5.41) is 12.2. The molecule has 5 nitrogen and oxygen atoms in total. The van der Waals surface area contributed by atoms with Crippen molar-refractivity contribution >= 4 is 34.0 Å². The van der Waals surface area contributed by atoms with E-state index in [2.05, 4.69) is 29.4 Å². The Morgan fingerprint density at radius 2 is 2.13 bits per heavy atom. The molecule has 1 aromatic heterocycles. The van der Waals surface area contributed by atoms with Gasteiger partial charge in [0.15, 0.2) is 6.61 Å². The van der Waals surface area contributed by atoms with E-state index in [-0.39, 0.29) is 23.3 Å². The van der Waals surface area contributed by atoms with Crippen molar-refractivity contribution in [3.63, 3.8) is 0 Å². The highest BCUT2D eigenvalue weighted by Gasteiger charge is 2.15. The molecular formula is C15H17ClFN3O2S. The van der Waals surface area contributed by atoms with Crippen LogP contribution < -0.4 is 10.1 Å². The van der Waals surface area contributed by atoms with Gasteiger partial charge in [0.05, 0.1) is 5.02 Å². The Balaban J connectivity index is 1.90. The first kappa shape index (κ1) is 17.6. The van der Waals surface area contributed by atoms with E-state index in [0.717, 1.165) is 23.9 Å². The zero-order chi connectivity index (χ0) is 16.8. The molecule has 23 heavy (non-hydrogen) atoms. The summed E-state index contributed by atoms with van der Waals surface area (Å²) in [6.07, 6.45) is 1.95. The number of carbonyl (C=O) groups is 1. The summed E-state index contributed by atoms with van der Waals surface area (Å²) in [7, 11) is 0. The Kier molecular flexibility index (Phi) is 6.29. The van der Waals surface area contributed by atoms with E-state index >= 15 is 0 Å². The number of benzene rings is 1. The number of hydrogen-bond donors (Lipinski definition) is 1. The van der Waals surface area contributed by atoms with E-state index < -0.39 is 5.82 Å². The third kappa shape index (κ3) is 4.87. The Morgan fingerprint density at radius 1 is 1.39 bits per heavy atom. The van der Waals surface area contributed by atoms with Gasteiger partial charge in [0, 0.05) is 5.92 Å². The number of carbonyl (C=O) groups excluding carboxylic acids is 1. The van der Waals surface area contributed by atoms with Crippen LogP contribution in [0.1, 0.15) is 37.6 Å². The van der Waals surface area contributed by atoms with Gasteiger partial charge in [-0.1, -0.05) is 36.8 Å². The van der Waals surface area contributed by atoms with Crippen LogP contribution in [0.4, 0.5) is 9.52 Å². The number of nitrogens with zero attached hydrogens (tertiary/aromatic N) is 2. The number of halogens is 2. The first-order valence-corrected chi connectivity index (χ1v) is 8.44. The highest BCUT2D eigenvalue weighted by Crippen LogP contribution is 2.28. The van der Waals surface area contributed by atoms with Crippen LogP contribution in [0.2, 0.25) is 5.02 Å². The molecule has 1 heterocycles. The average Bonchev–Trinajstić information content (AvgIpc) is 2.96. The maximum Gasteiger partial charge on any atom is 0.264 e. The summed E-state index contributed by atoms with van der Waals surface area (Å²) in [4.78, 5) is 11.9. The molecule has 124 valence electrons. The number of nitrogens with one attached hydrogen (secondary N) is 1. The smallest absolute Gasteiger partial charge is 0.264 e. The summed E-state index contributed by atoms with van der Waals surface area (Å²) >= 11 is 7.19. The van der Waals surface area contributed by atoms with Gasteiger partial charge in [-0.2, -0.15) is 0 Å². The Morgan fingerprint density at radius 3 is 2.78 bits per heavy atom. The molecule has 1 aromatic carbocycles. The number of anilines is 1.